The average molecular weight is 744 g/mol. The highest BCUT2D eigenvalue weighted by Gasteiger charge is 2.11. The quantitative estimate of drug-likeness (QED) is 0.124. The van der Waals surface area contributed by atoms with Crippen molar-refractivity contribution < 1.29 is 18.9 Å². The molecule has 12 heteroatoms. The lowest BCUT2D eigenvalue weighted by Crippen LogP contribution is -2.02. The summed E-state index contributed by atoms with van der Waals surface area (Å²) < 4.78 is 21.3. The molecule has 0 atom stereocenters. The number of aromatic nitrogens is 6. The van der Waals surface area contributed by atoms with Gasteiger partial charge in [-0.15, -0.1) is 10.2 Å². The van der Waals surface area contributed by atoms with Gasteiger partial charge in [0.05, 0.1) is 52.2 Å². The Bertz CT molecular complexity index is 1870. The first-order chi connectivity index (χ1) is 25.4. The summed E-state index contributed by atoms with van der Waals surface area (Å²) in [5.41, 5.74) is 13.0. The summed E-state index contributed by atoms with van der Waals surface area (Å²) in [7, 11) is 6.64. The fraction of sp³-hybridized carbons (Fsp3) is 0.415. The topological polar surface area (TPSA) is 140 Å². The second kappa shape index (κ2) is 21.5. The Kier molecular flexibility index (Phi) is 17.2. The van der Waals surface area contributed by atoms with E-state index in [2.05, 4.69) is 78.2 Å². The molecule has 11 nitrogen and oxygen atoms in total. The molecule has 53 heavy (non-hydrogen) atoms. The van der Waals surface area contributed by atoms with Crippen molar-refractivity contribution >= 4 is 17.4 Å². The SMILES string of the molecule is CC(C)c1cnnc(N)c1.COc1ccc(CCc2cc(C(C)C)c(Cl)nn2)c(OC)c1.COc1ccc(CCc2cc(C(C)C)cnn2)c(OC)c1. The minimum atomic E-state index is 0.331. The van der Waals surface area contributed by atoms with Gasteiger partial charge in [0.2, 0.25) is 0 Å². The van der Waals surface area contributed by atoms with Crippen LogP contribution in [0.3, 0.4) is 0 Å². The van der Waals surface area contributed by atoms with Crippen LogP contribution in [0.15, 0.2) is 67.0 Å². The molecular weight excluding hydrogens is 690 g/mol. The maximum absolute atomic E-state index is 6.08. The lowest BCUT2D eigenvalue weighted by atomic mass is 10.0. The molecule has 0 radical (unpaired) electrons. The highest BCUT2D eigenvalue weighted by atomic mass is 35.5. The lowest BCUT2D eigenvalue weighted by molar-refractivity contribution is 0.390. The van der Waals surface area contributed by atoms with E-state index in [1.807, 2.05) is 54.7 Å². The zero-order valence-electron chi connectivity index (χ0n) is 32.7. The van der Waals surface area contributed by atoms with Gasteiger partial charge in [-0.25, -0.2) is 0 Å². The zero-order valence-corrected chi connectivity index (χ0v) is 33.4. The molecule has 0 unspecified atom stereocenters. The third-order valence-electron chi connectivity index (χ3n) is 8.49. The summed E-state index contributed by atoms with van der Waals surface area (Å²) in [6.45, 7) is 12.7. The van der Waals surface area contributed by atoms with Crippen LogP contribution in [0.5, 0.6) is 23.0 Å². The van der Waals surface area contributed by atoms with Crippen molar-refractivity contribution in [3.63, 3.8) is 0 Å². The summed E-state index contributed by atoms with van der Waals surface area (Å²) in [5.74, 6) is 5.02. The molecular formula is C41H54ClN7O4. The minimum Gasteiger partial charge on any atom is -0.497 e. The number of halogens is 1. The molecule has 284 valence electrons. The number of anilines is 1. The number of hydrogen-bond acceptors (Lipinski definition) is 11. The number of ether oxygens (including phenoxy) is 4. The molecule has 0 saturated carbocycles. The van der Waals surface area contributed by atoms with E-state index in [1.54, 1.807) is 34.6 Å². The van der Waals surface area contributed by atoms with E-state index in [4.69, 9.17) is 36.3 Å². The Morgan fingerprint density at radius 1 is 0.547 bits per heavy atom. The van der Waals surface area contributed by atoms with E-state index < -0.39 is 0 Å². The van der Waals surface area contributed by atoms with Crippen molar-refractivity contribution in [2.45, 2.75) is 85.0 Å². The van der Waals surface area contributed by atoms with Crippen molar-refractivity contribution in [2.75, 3.05) is 34.2 Å². The Balaban J connectivity index is 0.000000229. The van der Waals surface area contributed by atoms with Crippen LogP contribution in [-0.2, 0) is 25.7 Å². The van der Waals surface area contributed by atoms with E-state index in [-0.39, 0.29) is 0 Å². The van der Waals surface area contributed by atoms with E-state index in [0.717, 1.165) is 82.3 Å². The highest BCUT2D eigenvalue weighted by molar-refractivity contribution is 6.30. The maximum Gasteiger partial charge on any atom is 0.155 e. The largest absolute Gasteiger partial charge is 0.497 e. The fourth-order valence-corrected chi connectivity index (χ4v) is 5.49. The number of hydrogen-bond donors (Lipinski definition) is 1. The molecule has 0 bridgehead atoms. The predicted molar refractivity (Wildman–Crippen MR) is 212 cm³/mol. The van der Waals surface area contributed by atoms with Crippen LogP contribution in [0.4, 0.5) is 5.82 Å². The third-order valence-corrected chi connectivity index (χ3v) is 8.79. The molecule has 0 spiro atoms. The van der Waals surface area contributed by atoms with Gasteiger partial charge in [0.1, 0.15) is 28.8 Å². The first-order valence-corrected chi connectivity index (χ1v) is 18.1. The minimum absolute atomic E-state index is 0.331. The summed E-state index contributed by atoms with van der Waals surface area (Å²) in [6, 6.07) is 17.8. The standard InChI is InChI=1S/C17H21ClN2O2.C17H22N2O2.C7H11N3/c1-11(2)15-9-13(19-20-17(15)18)7-5-12-6-8-14(21-3)10-16(12)22-4;1-12(2)14-9-15(19-18-11-14)7-5-13-6-8-16(20-3)10-17(13)21-4;1-5(2)6-3-7(8)10-9-4-6/h6,8-11H,5,7H2,1-4H3;6,8-12H,5,7H2,1-4H3;3-5H,1-2H3,(H2,8,10). The van der Waals surface area contributed by atoms with Crippen LogP contribution in [0.25, 0.3) is 0 Å². The van der Waals surface area contributed by atoms with Gasteiger partial charge in [0.15, 0.2) is 5.15 Å². The number of nitrogens with two attached hydrogens (primary N) is 1. The molecule has 0 amide bonds. The first-order valence-electron chi connectivity index (χ1n) is 17.7. The predicted octanol–water partition coefficient (Wildman–Crippen LogP) is 8.64. The molecule has 0 aliphatic carbocycles. The molecule has 5 aromatic rings. The second-order valence-corrected chi connectivity index (χ2v) is 13.7. The van der Waals surface area contributed by atoms with Crippen molar-refractivity contribution in [2.24, 2.45) is 0 Å². The molecule has 0 aliphatic rings. The Hall–Kier alpha value is -5.03. The van der Waals surface area contributed by atoms with Crippen molar-refractivity contribution in [3.8, 4) is 23.0 Å². The number of rotatable bonds is 13. The smallest absolute Gasteiger partial charge is 0.155 e. The molecule has 3 aromatic heterocycles. The van der Waals surface area contributed by atoms with E-state index >= 15 is 0 Å². The number of nitrogen functional groups attached to an aromatic ring is 1. The molecule has 0 saturated heterocycles. The highest BCUT2D eigenvalue weighted by Crippen LogP contribution is 2.28. The van der Waals surface area contributed by atoms with Crippen LogP contribution in [0.2, 0.25) is 5.15 Å². The van der Waals surface area contributed by atoms with Crippen molar-refractivity contribution in [1.29, 1.82) is 0 Å². The summed E-state index contributed by atoms with van der Waals surface area (Å²) in [5, 5.41) is 24.4. The normalized spacial score (nSPS) is 10.7. The van der Waals surface area contributed by atoms with Gasteiger partial charge in [0.25, 0.3) is 0 Å². The van der Waals surface area contributed by atoms with E-state index in [0.29, 0.717) is 28.7 Å². The van der Waals surface area contributed by atoms with Gasteiger partial charge in [-0.3, -0.25) is 0 Å². The van der Waals surface area contributed by atoms with Gasteiger partial charge in [-0.1, -0.05) is 65.3 Å². The van der Waals surface area contributed by atoms with Crippen molar-refractivity contribution in [1.82, 2.24) is 30.6 Å². The third kappa shape index (κ3) is 13.5. The van der Waals surface area contributed by atoms with Gasteiger partial charge in [-0.05, 0) is 102 Å². The van der Waals surface area contributed by atoms with Crippen LogP contribution < -0.4 is 24.7 Å². The maximum atomic E-state index is 6.08. The second-order valence-electron chi connectivity index (χ2n) is 13.3. The lowest BCUT2D eigenvalue weighted by Gasteiger charge is -2.11. The Morgan fingerprint density at radius 3 is 1.47 bits per heavy atom. The first kappa shape index (κ1) is 42.4. The van der Waals surface area contributed by atoms with Crippen LogP contribution in [0.1, 0.15) is 98.5 Å². The van der Waals surface area contributed by atoms with Crippen LogP contribution >= 0.6 is 11.6 Å². The van der Waals surface area contributed by atoms with E-state index in [1.165, 1.54) is 5.56 Å². The number of benzene rings is 2. The monoisotopic (exact) mass is 743 g/mol. The van der Waals surface area contributed by atoms with Gasteiger partial charge in [-0.2, -0.15) is 20.4 Å². The van der Waals surface area contributed by atoms with Crippen LogP contribution in [0, 0.1) is 0 Å². The summed E-state index contributed by atoms with van der Waals surface area (Å²) in [6.07, 6.45) is 6.89. The molecule has 5 rings (SSSR count). The molecule has 2 aromatic carbocycles. The summed E-state index contributed by atoms with van der Waals surface area (Å²) in [4.78, 5) is 0. The molecule has 0 fully saturated rings. The number of nitrogens with zero attached hydrogens (tertiary/aromatic N) is 6. The zero-order chi connectivity index (χ0) is 38.9. The Labute approximate surface area is 319 Å². The number of aryl methyl sites for hydroxylation is 4. The van der Waals surface area contributed by atoms with E-state index in [9.17, 15) is 0 Å². The molecule has 2 N–H and O–H groups in total. The van der Waals surface area contributed by atoms with Crippen LogP contribution in [-0.4, -0.2) is 59.0 Å². The van der Waals surface area contributed by atoms with Crippen molar-refractivity contribution in [3.05, 3.63) is 111 Å². The summed E-state index contributed by atoms with van der Waals surface area (Å²) >= 11 is 6.08. The molecule has 0 aliphatic heterocycles. The van der Waals surface area contributed by atoms with Gasteiger partial charge < -0.3 is 24.7 Å². The van der Waals surface area contributed by atoms with Gasteiger partial charge in [0, 0.05) is 12.1 Å². The average Bonchev–Trinajstić information content (AvgIpc) is 3.17. The van der Waals surface area contributed by atoms with Gasteiger partial charge >= 0.3 is 0 Å². The molecule has 3 heterocycles. The number of methoxy groups -OCH3 is 4. The Morgan fingerprint density at radius 2 is 1.04 bits per heavy atom. The fourth-order valence-electron chi connectivity index (χ4n) is 5.18.